The van der Waals surface area contributed by atoms with Crippen molar-refractivity contribution in [3.05, 3.63) is 12.2 Å². The normalized spacial score (nSPS) is 22.4. The van der Waals surface area contributed by atoms with Gasteiger partial charge in [-0.05, 0) is 44.9 Å². The van der Waals surface area contributed by atoms with E-state index in [0.717, 1.165) is 0 Å². The second kappa shape index (κ2) is 14.3. The summed E-state index contributed by atoms with van der Waals surface area (Å²) in [5.41, 5.74) is 0. The third-order valence-corrected chi connectivity index (χ3v) is 6.08. The Bertz CT molecular complexity index is 399. The molecule has 0 aromatic carbocycles. The van der Waals surface area contributed by atoms with Crippen LogP contribution in [0.25, 0.3) is 0 Å². The fourth-order valence-electron chi connectivity index (χ4n) is 4.39. The molecule has 2 heteroatoms. The molecule has 2 unspecified atom stereocenters. The van der Waals surface area contributed by atoms with Gasteiger partial charge in [0.15, 0.2) is 0 Å². The molecule has 1 aliphatic carbocycles. The molecule has 2 aliphatic rings. The highest BCUT2D eigenvalue weighted by atomic mass is 15.1. The molecule has 2 rings (SSSR count). The Kier molecular flexibility index (Phi) is 11.8. The van der Waals surface area contributed by atoms with Crippen LogP contribution in [0.4, 0.5) is 0 Å². The molecule has 0 saturated heterocycles. The van der Waals surface area contributed by atoms with E-state index in [-0.39, 0.29) is 0 Å². The number of rotatable bonds is 15. The number of nitrogens with zero attached hydrogens (tertiary/aromatic N) is 1. The summed E-state index contributed by atoms with van der Waals surface area (Å²) in [6, 6.07) is 1.30. The molecular formula is C24H44N2. The predicted octanol–water partition coefficient (Wildman–Crippen LogP) is 7.34. The lowest BCUT2D eigenvalue weighted by atomic mass is 9.92. The number of unbranched alkanes of at least 4 members (excludes halogenated alkanes) is 11. The van der Waals surface area contributed by atoms with Crippen LogP contribution >= 0.6 is 0 Å². The summed E-state index contributed by atoms with van der Waals surface area (Å²) in [7, 11) is 0. The second-order valence-corrected chi connectivity index (χ2v) is 8.51. The third-order valence-electron chi connectivity index (χ3n) is 6.08. The molecule has 1 aliphatic heterocycles. The van der Waals surface area contributed by atoms with E-state index >= 15 is 0 Å². The molecule has 1 saturated carbocycles. The molecule has 26 heavy (non-hydrogen) atoms. The van der Waals surface area contributed by atoms with E-state index in [4.69, 9.17) is 4.99 Å². The standard InChI is InChI=1S/C24H44N2/c1-2-3-4-5-6-7-8-9-10-11-12-13-14-15-16-21-24-25-22-19-17-18-20-23(22)26-24/h9-10,22-23H,2-8,11-21H2,1H3,(H,25,26)/b10-9-. The van der Waals surface area contributed by atoms with Crippen LogP contribution < -0.4 is 5.32 Å². The fourth-order valence-corrected chi connectivity index (χ4v) is 4.39. The number of allylic oxidation sites excluding steroid dienone is 2. The zero-order valence-corrected chi connectivity index (χ0v) is 17.5. The van der Waals surface area contributed by atoms with E-state index in [1.807, 2.05) is 0 Å². The van der Waals surface area contributed by atoms with Crippen LogP contribution in [0.3, 0.4) is 0 Å². The minimum atomic E-state index is 0.613. The lowest BCUT2D eigenvalue weighted by Gasteiger charge is -2.23. The highest BCUT2D eigenvalue weighted by Gasteiger charge is 2.29. The van der Waals surface area contributed by atoms with Gasteiger partial charge >= 0.3 is 0 Å². The highest BCUT2D eigenvalue weighted by Crippen LogP contribution is 2.25. The zero-order valence-electron chi connectivity index (χ0n) is 17.5. The van der Waals surface area contributed by atoms with Crippen LogP contribution in [0.1, 0.15) is 122 Å². The Balaban J connectivity index is 1.33. The lowest BCUT2D eigenvalue weighted by molar-refractivity contribution is 0.384. The Morgan fingerprint density at radius 1 is 0.808 bits per heavy atom. The van der Waals surface area contributed by atoms with Crippen molar-refractivity contribution in [1.29, 1.82) is 0 Å². The van der Waals surface area contributed by atoms with Crippen molar-refractivity contribution in [1.82, 2.24) is 5.32 Å². The molecule has 0 aromatic heterocycles. The number of fused-ring (bicyclic) bond motifs is 1. The first kappa shape index (κ1) is 21.5. The van der Waals surface area contributed by atoms with Gasteiger partial charge in [0, 0.05) is 12.5 Å². The molecule has 1 N–H and O–H groups in total. The number of amidine groups is 1. The average molecular weight is 361 g/mol. The quantitative estimate of drug-likeness (QED) is 0.240. The third kappa shape index (κ3) is 9.24. The Morgan fingerprint density at radius 2 is 1.42 bits per heavy atom. The van der Waals surface area contributed by atoms with Gasteiger partial charge in [-0.3, -0.25) is 4.99 Å². The number of aliphatic imine (C=N–C) groups is 1. The molecular weight excluding hydrogens is 316 g/mol. The summed E-state index contributed by atoms with van der Waals surface area (Å²) >= 11 is 0. The topological polar surface area (TPSA) is 24.4 Å². The van der Waals surface area contributed by atoms with Gasteiger partial charge in [-0.2, -0.15) is 0 Å². The minimum absolute atomic E-state index is 0.613. The van der Waals surface area contributed by atoms with Crippen LogP contribution in [0.2, 0.25) is 0 Å². The molecule has 0 bridgehead atoms. The largest absolute Gasteiger partial charge is 0.369 e. The molecule has 0 spiro atoms. The van der Waals surface area contributed by atoms with Gasteiger partial charge in [-0.15, -0.1) is 0 Å². The minimum Gasteiger partial charge on any atom is -0.369 e. The van der Waals surface area contributed by atoms with Gasteiger partial charge < -0.3 is 5.32 Å². The average Bonchev–Trinajstić information content (AvgIpc) is 3.07. The van der Waals surface area contributed by atoms with Gasteiger partial charge in [0.25, 0.3) is 0 Å². The first-order valence-corrected chi connectivity index (χ1v) is 11.9. The highest BCUT2D eigenvalue weighted by molar-refractivity contribution is 5.84. The molecule has 2 atom stereocenters. The fraction of sp³-hybridized carbons (Fsp3) is 0.875. The molecule has 1 fully saturated rings. The van der Waals surface area contributed by atoms with Gasteiger partial charge in [0.2, 0.25) is 0 Å². The van der Waals surface area contributed by atoms with Gasteiger partial charge in [0.1, 0.15) is 0 Å². The zero-order chi connectivity index (χ0) is 18.3. The number of hydrogen-bond donors (Lipinski definition) is 1. The van der Waals surface area contributed by atoms with Gasteiger partial charge in [-0.1, -0.05) is 83.3 Å². The monoisotopic (exact) mass is 360 g/mol. The maximum absolute atomic E-state index is 4.91. The molecule has 1 heterocycles. The molecule has 2 nitrogen and oxygen atoms in total. The molecule has 150 valence electrons. The summed E-state index contributed by atoms with van der Waals surface area (Å²) in [5, 5.41) is 3.68. The number of hydrogen-bond acceptors (Lipinski definition) is 2. The van der Waals surface area contributed by atoms with Crippen molar-refractivity contribution in [2.24, 2.45) is 4.99 Å². The van der Waals surface area contributed by atoms with Crippen LogP contribution in [-0.4, -0.2) is 17.9 Å². The summed E-state index contributed by atoms with van der Waals surface area (Å²) in [6.45, 7) is 2.29. The van der Waals surface area contributed by atoms with Crippen LogP contribution in [0.5, 0.6) is 0 Å². The smallest absolute Gasteiger partial charge is 0.0970 e. The Hall–Kier alpha value is -0.790. The maximum atomic E-state index is 4.91. The van der Waals surface area contributed by atoms with Crippen molar-refractivity contribution in [2.45, 2.75) is 135 Å². The summed E-state index contributed by atoms with van der Waals surface area (Å²) in [4.78, 5) is 4.91. The second-order valence-electron chi connectivity index (χ2n) is 8.51. The van der Waals surface area contributed by atoms with E-state index in [1.165, 1.54) is 121 Å². The Labute approximate surface area is 163 Å². The Morgan fingerprint density at radius 3 is 2.12 bits per heavy atom. The van der Waals surface area contributed by atoms with E-state index in [0.29, 0.717) is 12.1 Å². The van der Waals surface area contributed by atoms with Crippen LogP contribution in [0.15, 0.2) is 17.1 Å². The van der Waals surface area contributed by atoms with Crippen molar-refractivity contribution >= 4 is 5.84 Å². The predicted molar refractivity (Wildman–Crippen MR) is 116 cm³/mol. The molecule has 0 aromatic rings. The van der Waals surface area contributed by atoms with Gasteiger partial charge in [-0.25, -0.2) is 0 Å². The first-order chi connectivity index (χ1) is 12.9. The SMILES string of the molecule is CCCCCCCC/C=C\CCCCCCCC1=NC2CCCCC2N1. The first-order valence-electron chi connectivity index (χ1n) is 11.9. The van der Waals surface area contributed by atoms with E-state index in [1.54, 1.807) is 0 Å². The maximum Gasteiger partial charge on any atom is 0.0970 e. The summed E-state index contributed by atoms with van der Waals surface area (Å²) < 4.78 is 0. The van der Waals surface area contributed by atoms with Crippen molar-refractivity contribution in [3.8, 4) is 0 Å². The summed E-state index contributed by atoms with van der Waals surface area (Å²) in [5.74, 6) is 1.32. The van der Waals surface area contributed by atoms with Crippen LogP contribution in [0, 0.1) is 0 Å². The number of nitrogens with one attached hydrogen (secondary N) is 1. The van der Waals surface area contributed by atoms with Gasteiger partial charge in [0.05, 0.1) is 11.9 Å². The van der Waals surface area contributed by atoms with Crippen molar-refractivity contribution in [2.75, 3.05) is 0 Å². The van der Waals surface area contributed by atoms with E-state index in [2.05, 4.69) is 24.4 Å². The lowest BCUT2D eigenvalue weighted by Crippen LogP contribution is -2.36. The van der Waals surface area contributed by atoms with Crippen molar-refractivity contribution in [3.63, 3.8) is 0 Å². The molecule has 0 amide bonds. The summed E-state index contributed by atoms with van der Waals surface area (Å²) in [6.07, 6.45) is 29.3. The molecule has 0 radical (unpaired) electrons. The van der Waals surface area contributed by atoms with E-state index in [9.17, 15) is 0 Å². The van der Waals surface area contributed by atoms with E-state index < -0.39 is 0 Å². The van der Waals surface area contributed by atoms with Crippen molar-refractivity contribution < 1.29 is 0 Å². The van der Waals surface area contributed by atoms with Crippen LogP contribution in [-0.2, 0) is 0 Å².